The molecule has 6 heteroatoms. The lowest BCUT2D eigenvalue weighted by Crippen LogP contribution is -2.35. The van der Waals surface area contributed by atoms with Crippen LogP contribution in [-0.2, 0) is 11.2 Å². The molecule has 2 aromatic rings. The number of likely N-dealkylation sites (tertiary alicyclic amines) is 1. The lowest BCUT2D eigenvalue weighted by Gasteiger charge is -2.28. The Morgan fingerprint density at radius 1 is 1.36 bits per heavy atom. The Bertz CT molecular complexity index is 684. The molecule has 3 heterocycles. The Hall–Kier alpha value is -2.24. The van der Waals surface area contributed by atoms with E-state index in [1.807, 2.05) is 37.1 Å². The zero-order valence-corrected chi connectivity index (χ0v) is 15.0. The number of carbonyl (C=O) groups is 1. The van der Waals surface area contributed by atoms with Gasteiger partial charge in [0, 0.05) is 31.3 Å². The molecule has 1 aliphatic heterocycles. The zero-order chi connectivity index (χ0) is 17.6. The summed E-state index contributed by atoms with van der Waals surface area (Å²) in [4.78, 5) is 23.5. The van der Waals surface area contributed by atoms with E-state index in [9.17, 15) is 4.79 Å². The molecule has 1 aliphatic rings. The Kier molecular flexibility index (Phi) is 5.79. The van der Waals surface area contributed by atoms with E-state index < -0.39 is 0 Å². The highest BCUT2D eigenvalue weighted by atomic mass is 16.5. The molecule has 1 fully saturated rings. The van der Waals surface area contributed by atoms with Crippen LogP contribution in [0.1, 0.15) is 75.2 Å². The highest BCUT2D eigenvalue weighted by Crippen LogP contribution is 2.30. The first kappa shape index (κ1) is 17.6. The molecule has 0 radical (unpaired) electrons. The summed E-state index contributed by atoms with van der Waals surface area (Å²) in [6, 6.07) is 3.84. The summed E-state index contributed by atoms with van der Waals surface area (Å²) in [5.74, 6) is 1.65. The molecule has 3 rings (SSSR count). The van der Waals surface area contributed by atoms with Crippen LogP contribution < -0.4 is 0 Å². The van der Waals surface area contributed by atoms with Crippen molar-refractivity contribution in [1.82, 2.24) is 20.0 Å². The fourth-order valence-electron chi connectivity index (χ4n) is 3.23. The molecule has 25 heavy (non-hydrogen) atoms. The molecule has 1 saturated heterocycles. The third-order valence-corrected chi connectivity index (χ3v) is 4.67. The Morgan fingerprint density at radius 3 is 2.96 bits per heavy atom. The van der Waals surface area contributed by atoms with Crippen molar-refractivity contribution >= 4 is 5.91 Å². The number of hydrogen-bond donors (Lipinski definition) is 0. The quantitative estimate of drug-likeness (QED) is 0.829. The van der Waals surface area contributed by atoms with Crippen molar-refractivity contribution in [3.8, 4) is 0 Å². The molecule has 2 aromatic heterocycles. The maximum absolute atomic E-state index is 12.9. The summed E-state index contributed by atoms with van der Waals surface area (Å²) < 4.78 is 5.37. The first-order chi connectivity index (χ1) is 12.1. The highest BCUT2D eigenvalue weighted by Gasteiger charge is 2.30. The zero-order valence-electron chi connectivity index (χ0n) is 15.0. The molecule has 0 aromatic carbocycles. The van der Waals surface area contributed by atoms with Gasteiger partial charge in [-0.15, -0.1) is 0 Å². The number of amides is 1. The Labute approximate surface area is 148 Å². The van der Waals surface area contributed by atoms with Gasteiger partial charge >= 0.3 is 0 Å². The van der Waals surface area contributed by atoms with Crippen molar-refractivity contribution < 1.29 is 9.32 Å². The van der Waals surface area contributed by atoms with Crippen molar-refractivity contribution in [2.75, 3.05) is 6.54 Å². The summed E-state index contributed by atoms with van der Waals surface area (Å²) in [6.07, 6.45) is 8.91. The monoisotopic (exact) mass is 342 g/mol. The second kappa shape index (κ2) is 8.23. The molecule has 1 atom stereocenters. The van der Waals surface area contributed by atoms with Crippen molar-refractivity contribution in [1.29, 1.82) is 0 Å². The SMILES string of the molecule is CC(C)c1nc(C2CCCCCN2C(=O)CCc2cccnc2)no1. The number of nitrogens with zero attached hydrogens (tertiary/aromatic N) is 4. The van der Waals surface area contributed by atoms with Crippen LogP contribution in [0.4, 0.5) is 0 Å². The summed E-state index contributed by atoms with van der Waals surface area (Å²) >= 11 is 0. The van der Waals surface area contributed by atoms with Gasteiger partial charge in [0.05, 0.1) is 6.04 Å². The summed E-state index contributed by atoms with van der Waals surface area (Å²) in [5.41, 5.74) is 1.09. The smallest absolute Gasteiger partial charge is 0.229 e. The molecular formula is C19H26N4O2. The third-order valence-electron chi connectivity index (χ3n) is 4.67. The van der Waals surface area contributed by atoms with Gasteiger partial charge in [-0.2, -0.15) is 4.98 Å². The molecular weight excluding hydrogens is 316 g/mol. The number of hydrogen-bond acceptors (Lipinski definition) is 5. The molecule has 6 nitrogen and oxygen atoms in total. The normalized spacial score (nSPS) is 18.4. The van der Waals surface area contributed by atoms with Crippen LogP contribution in [0, 0.1) is 0 Å². The van der Waals surface area contributed by atoms with Crippen molar-refractivity contribution in [2.45, 2.75) is 64.3 Å². The van der Waals surface area contributed by atoms with E-state index in [1.165, 1.54) is 0 Å². The number of carbonyl (C=O) groups excluding carboxylic acids is 1. The molecule has 0 spiro atoms. The van der Waals surface area contributed by atoms with E-state index in [1.54, 1.807) is 6.20 Å². The van der Waals surface area contributed by atoms with Gasteiger partial charge in [-0.3, -0.25) is 9.78 Å². The van der Waals surface area contributed by atoms with Crippen molar-refractivity contribution in [2.24, 2.45) is 0 Å². The van der Waals surface area contributed by atoms with Gasteiger partial charge in [0.25, 0.3) is 0 Å². The van der Waals surface area contributed by atoms with Gasteiger partial charge in [-0.25, -0.2) is 0 Å². The topological polar surface area (TPSA) is 72.1 Å². The fourth-order valence-corrected chi connectivity index (χ4v) is 3.23. The van der Waals surface area contributed by atoms with Gasteiger partial charge in [0.2, 0.25) is 11.8 Å². The predicted molar refractivity (Wildman–Crippen MR) is 93.9 cm³/mol. The first-order valence-electron chi connectivity index (χ1n) is 9.17. The van der Waals surface area contributed by atoms with Crippen molar-refractivity contribution in [3.05, 3.63) is 41.8 Å². The van der Waals surface area contributed by atoms with Gasteiger partial charge in [-0.1, -0.05) is 37.9 Å². The summed E-state index contributed by atoms with van der Waals surface area (Å²) in [6.45, 7) is 4.82. The van der Waals surface area contributed by atoms with E-state index in [4.69, 9.17) is 4.52 Å². The lowest BCUT2D eigenvalue weighted by atomic mass is 10.1. The maximum atomic E-state index is 12.9. The number of aryl methyl sites for hydroxylation is 1. The lowest BCUT2D eigenvalue weighted by molar-refractivity contribution is -0.133. The minimum atomic E-state index is -0.0693. The summed E-state index contributed by atoms with van der Waals surface area (Å²) in [5, 5.41) is 4.16. The van der Waals surface area contributed by atoms with Crippen LogP contribution in [0.15, 0.2) is 29.0 Å². The molecule has 1 unspecified atom stereocenters. The second-order valence-electron chi connectivity index (χ2n) is 6.96. The van der Waals surface area contributed by atoms with E-state index >= 15 is 0 Å². The van der Waals surface area contributed by atoms with Crippen LogP contribution in [0.3, 0.4) is 0 Å². The Balaban J connectivity index is 1.71. The van der Waals surface area contributed by atoms with E-state index in [0.29, 0.717) is 24.6 Å². The van der Waals surface area contributed by atoms with Gasteiger partial charge in [0.1, 0.15) is 0 Å². The van der Waals surface area contributed by atoms with Gasteiger partial charge < -0.3 is 9.42 Å². The average molecular weight is 342 g/mol. The predicted octanol–water partition coefficient (Wildman–Crippen LogP) is 3.66. The molecule has 0 saturated carbocycles. The molecule has 1 amide bonds. The maximum Gasteiger partial charge on any atom is 0.229 e. The van der Waals surface area contributed by atoms with Crippen LogP contribution in [0.2, 0.25) is 0 Å². The first-order valence-corrected chi connectivity index (χ1v) is 9.17. The highest BCUT2D eigenvalue weighted by molar-refractivity contribution is 5.77. The minimum absolute atomic E-state index is 0.0693. The summed E-state index contributed by atoms with van der Waals surface area (Å²) in [7, 11) is 0. The van der Waals surface area contributed by atoms with Gasteiger partial charge in [-0.05, 0) is 30.9 Å². The minimum Gasteiger partial charge on any atom is -0.339 e. The standard InChI is InChI=1S/C19H26N4O2/c1-14(2)19-21-18(22-25-19)16-8-4-3-5-12-23(16)17(24)10-9-15-7-6-11-20-13-15/h6-7,11,13-14,16H,3-5,8-10,12H2,1-2H3. The van der Waals surface area contributed by atoms with Crippen LogP contribution in [0.5, 0.6) is 0 Å². The molecule has 0 aliphatic carbocycles. The average Bonchev–Trinajstić information content (AvgIpc) is 2.99. The Morgan fingerprint density at radius 2 is 2.24 bits per heavy atom. The van der Waals surface area contributed by atoms with E-state index in [-0.39, 0.29) is 17.9 Å². The molecule has 0 bridgehead atoms. The van der Waals surface area contributed by atoms with Crippen LogP contribution >= 0.6 is 0 Å². The van der Waals surface area contributed by atoms with Crippen molar-refractivity contribution in [3.63, 3.8) is 0 Å². The molecule has 0 N–H and O–H groups in total. The molecule has 134 valence electrons. The number of aromatic nitrogens is 3. The largest absolute Gasteiger partial charge is 0.339 e. The van der Waals surface area contributed by atoms with Crippen LogP contribution in [0.25, 0.3) is 0 Å². The fraction of sp³-hybridized carbons (Fsp3) is 0.579. The van der Waals surface area contributed by atoms with Gasteiger partial charge in [0.15, 0.2) is 5.82 Å². The second-order valence-corrected chi connectivity index (χ2v) is 6.96. The number of pyridine rings is 1. The van der Waals surface area contributed by atoms with E-state index in [0.717, 1.165) is 37.8 Å². The third kappa shape index (κ3) is 4.44. The van der Waals surface area contributed by atoms with Crippen LogP contribution in [-0.4, -0.2) is 32.5 Å². The van der Waals surface area contributed by atoms with E-state index in [2.05, 4.69) is 15.1 Å². The number of rotatable bonds is 5.